The van der Waals surface area contributed by atoms with Crippen LogP contribution < -0.4 is 9.80 Å². The first-order chi connectivity index (χ1) is 19.4. The van der Waals surface area contributed by atoms with Crippen LogP contribution in [0.1, 0.15) is 37.0 Å². The van der Waals surface area contributed by atoms with Gasteiger partial charge in [-0.2, -0.15) is 0 Å². The minimum absolute atomic E-state index is 0.0469. The Morgan fingerprint density at radius 3 is 1.77 bits per heavy atom. The summed E-state index contributed by atoms with van der Waals surface area (Å²) in [4.78, 5) is 16.1. The van der Waals surface area contributed by atoms with Gasteiger partial charge in [-0.25, -0.2) is 9.97 Å². The summed E-state index contributed by atoms with van der Waals surface area (Å²) in [5.74, 6) is 1.87. The molecular formula is C36H32N4. The lowest BCUT2D eigenvalue weighted by Crippen LogP contribution is -2.50. The second kappa shape index (κ2) is 8.04. The molecule has 3 atom stereocenters. The van der Waals surface area contributed by atoms with Gasteiger partial charge in [0, 0.05) is 33.3 Å². The van der Waals surface area contributed by atoms with E-state index in [-0.39, 0.29) is 17.0 Å². The number of rotatable bonds is 3. The van der Waals surface area contributed by atoms with E-state index in [0.29, 0.717) is 0 Å². The lowest BCUT2D eigenvalue weighted by atomic mass is 9.81. The van der Waals surface area contributed by atoms with Crippen LogP contribution in [-0.4, -0.2) is 16.1 Å². The van der Waals surface area contributed by atoms with Crippen molar-refractivity contribution in [3.63, 3.8) is 0 Å². The van der Waals surface area contributed by atoms with Gasteiger partial charge in [0.15, 0.2) is 11.6 Å². The third kappa shape index (κ3) is 2.96. The van der Waals surface area contributed by atoms with E-state index in [1.807, 2.05) is 0 Å². The Morgan fingerprint density at radius 1 is 0.625 bits per heavy atom. The number of hydrogen-bond acceptors (Lipinski definition) is 4. The van der Waals surface area contributed by atoms with E-state index in [2.05, 4.69) is 141 Å². The van der Waals surface area contributed by atoms with Crippen molar-refractivity contribution < 1.29 is 0 Å². The fraction of sp³-hybridized carbons (Fsp3) is 0.222. The molecule has 1 aliphatic carbocycles. The van der Waals surface area contributed by atoms with Crippen LogP contribution in [0.15, 0.2) is 103 Å². The van der Waals surface area contributed by atoms with Crippen molar-refractivity contribution in [1.29, 1.82) is 0 Å². The zero-order valence-corrected chi connectivity index (χ0v) is 23.4. The topological polar surface area (TPSA) is 32.3 Å². The Kier molecular flexibility index (Phi) is 4.72. The van der Waals surface area contributed by atoms with Crippen molar-refractivity contribution in [3.05, 3.63) is 120 Å². The van der Waals surface area contributed by atoms with Crippen LogP contribution in [0.5, 0.6) is 0 Å². The van der Waals surface area contributed by atoms with E-state index in [1.165, 1.54) is 22.4 Å². The predicted molar refractivity (Wildman–Crippen MR) is 163 cm³/mol. The summed E-state index contributed by atoms with van der Waals surface area (Å²) in [6.45, 7) is 9.22. The fourth-order valence-corrected chi connectivity index (χ4v) is 7.43. The van der Waals surface area contributed by atoms with Crippen molar-refractivity contribution in [2.75, 3.05) is 9.80 Å². The van der Waals surface area contributed by atoms with Crippen LogP contribution in [0, 0.1) is 19.3 Å². The molecule has 0 amide bonds. The second-order valence-electron chi connectivity index (χ2n) is 12.1. The van der Waals surface area contributed by atoms with Crippen LogP contribution in [-0.2, 0) is 5.41 Å². The number of aryl methyl sites for hydroxylation is 2. The second-order valence-corrected chi connectivity index (χ2v) is 12.1. The molecule has 8 rings (SSSR count). The van der Waals surface area contributed by atoms with E-state index in [9.17, 15) is 0 Å². The smallest absolute Gasteiger partial charge is 0.179 e. The maximum atomic E-state index is 5.59. The summed E-state index contributed by atoms with van der Waals surface area (Å²) in [6, 6.07) is 36.8. The molecule has 2 aliphatic heterocycles. The third-order valence-electron chi connectivity index (χ3n) is 9.82. The molecule has 3 heterocycles. The number of hydrogen-bond donors (Lipinski definition) is 0. The largest absolute Gasteiger partial charge is 0.301 e. The summed E-state index contributed by atoms with van der Waals surface area (Å²) >= 11 is 0. The molecule has 4 aromatic carbocycles. The number of benzene rings is 4. The van der Waals surface area contributed by atoms with E-state index in [4.69, 9.17) is 9.97 Å². The number of anilines is 4. The number of fused-ring (bicyclic) bond motifs is 8. The average Bonchev–Trinajstić information content (AvgIpc) is 3.41. The quantitative estimate of drug-likeness (QED) is 0.238. The van der Waals surface area contributed by atoms with Gasteiger partial charge >= 0.3 is 0 Å². The Balaban J connectivity index is 1.48. The highest BCUT2D eigenvalue weighted by Crippen LogP contribution is 2.74. The minimum atomic E-state index is 0.0469. The summed E-state index contributed by atoms with van der Waals surface area (Å²) in [6.07, 6.45) is 1.21. The SMILES string of the molecule is Cc1ccccc1-c1nc2c(nc1-c1ccccc1C)N1c3ccccc3C3(C)CC3(C)C1N2c1ccccc1. The molecule has 0 N–H and O–H groups in total. The van der Waals surface area contributed by atoms with Gasteiger partial charge in [-0.1, -0.05) is 98.8 Å². The lowest BCUT2D eigenvalue weighted by molar-refractivity contribution is 0.371. The van der Waals surface area contributed by atoms with E-state index < -0.39 is 0 Å². The molecule has 0 radical (unpaired) electrons. The average molecular weight is 521 g/mol. The zero-order chi connectivity index (χ0) is 27.2. The summed E-state index contributed by atoms with van der Waals surface area (Å²) < 4.78 is 0. The Bertz CT molecular complexity index is 1810. The van der Waals surface area contributed by atoms with Gasteiger partial charge in [-0.3, -0.25) is 0 Å². The molecule has 5 aromatic rings. The van der Waals surface area contributed by atoms with Crippen LogP contribution in [0.25, 0.3) is 22.5 Å². The molecule has 1 aromatic heterocycles. The molecule has 4 nitrogen and oxygen atoms in total. The van der Waals surface area contributed by atoms with Crippen LogP contribution in [0.2, 0.25) is 0 Å². The van der Waals surface area contributed by atoms with Crippen molar-refractivity contribution in [1.82, 2.24) is 9.97 Å². The summed E-state index contributed by atoms with van der Waals surface area (Å²) in [5, 5.41) is 0. The molecule has 3 aliphatic rings. The molecule has 4 heteroatoms. The molecule has 3 unspecified atom stereocenters. The Labute approximate surface area is 236 Å². The highest BCUT2D eigenvalue weighted by Gasteiger charge is 2.73. The lowest BCUT2D eigenvalue weighted by Gasteiger charge is -2.44. The van der Waals surface area contributed by atoms with Gasteiger partial charge in [0.05, 0.1) is 11.4 Å². The molecule has 1 fully saturated rings. The number of aromatic nitrogens is 2. The van der Waals surface area contributed by atoms with E-state index in [1.54, 1.807) is 0 Å². The number of para-hydroxylation sites is 2. The van der Waals surface area contributed by atoms with E-state index in [0.717, 1.165) is 46.3 Å². The van der Waals surface area contributed by atoms with Gasteiger partial charge in [-0.15, -0.1) is 0 Å². The molecule has 0 saturated heterocycles. The molecule has 196 valence electrons. The van der Waals surface area contributed by atoms with Crippen molar-refractivity contribution in [2.24, 2.45) is 5.41 Å². The van der Waals surface area contributed by atoms with Gasteiger partial charge in [0.2, 0.25) is 0 Å². The molecular weight excluding hydrogens is 488 g/mol. The zero-order valence-electron chi connectivity index (χ0n) is 23.4. The first kappa shape index (κ1) is 23.4. The highest BCUT2D eigenvalue weighted by molar-refractivity contribution is 5.92. The maximum Gasteiger partial charge on any atom is 0.179 e. The normalized spacial score (nSPS) is 23.8. The highest BCUT2D eigenvalue weighted by atomic mass is 15.5. The van der Waals surface area contributed by atoms with Crippen molar-refractivity contribution in [2.45, 2.75) is 45.7 Å². The van der Waals surface area contributed by atoms with Gasteiger partial charge in [-0.05, 0) is 55.2 Å². The fourth-order valence-electron chi connectivity index (χ4n) is 7.43. The van der Waals surface area contributed by atoms with Crippen LogP contribution in [0.3, 0.4) is 0 Å². The Hall–Kier alpha value is -4.44. The van der Waals surface area contributed by atoms with Crippen LogP contribution in [0.4, 0.5) is 23.0 Å². The molecule has 40 heavy (non-hydrogen) atoms. The van der Waals surface area contributed by atoms with Gasteiger partial charge < -0.3 is 9.80 Å². The Morgan fingerprint density at radius 2 is 1.15 bits per heavy atom. The number of nitrogens with zero attached hydrogens (tertiary/aromatic N) is 4. The predicted octanol–water partition coefficient (Wildman–Crippen LogP) is 8.72. The molecule has 0 bridgehead atoms. The van der Waals surface area contributed by atoms with Crippen molar-refractivity contribution >= 4 is 23.0 Å². The van der Waals surface area contributed by atoms with Crippen molar-refractivity contribution in [3.8, 4) is 22.5 Å². The molecule has 0 spiro atoms. The first-order valence-corrected chi connectivity index (χ1v) is 14.2. The maximum absolute atomic E-state index is 5.59. The van der Waals surface area contributed by atoms with Gasteiger partial charge in [0.25, 0.3) is 0 Å². The summed E-state index contributed by atoms with van der Waals surface area (Å²) in [7, 11) is 0. The first-order valence-electron chi connectivity index (χ1n) is 14.2. The standard InChI is InChI=1S/C36H32N4/c1-23-14-8-10-18-26(23)30-31(27-19-11-9-15-24(27)2)38-33-32(37-30)39(25-16-6-5-7-17-25)34-36(4)22-35(36,3)28-20-12-13-21-29(28)40(33)34/h5-21,34H,22H2,1-4H3. The summed E-state index contributed by atoms with van der Waals surface area (Å²) in [5.41, 5.74) is 10.5. The monoisotopic (exact) mass is 520 g/mol. The van der Waals surface area contributed by atoms with Gasteiger partial charge in [0.1, 0.15) is 6.17 Å². The minimum Gasteiger partial charge on any atom is -0.301 e. The van der Waals surface area contributed by atoms with E-state index >= 15 is 0 Å². The third-order valence-corrected chi connectivity index (χ3v) is 9.82. The van der Waals surface area contributed by atoms with Crippen LogP contribution >= 0.6 is 0 Å². The molecule has 1 saturated carbocycles.